The molecule has 0 aliphatic heterocycles. The zero-order valence-corrected chi connectivity index (χ0v) is 13.7. The number of carboxylic acids is 1. The molecule has 0 fully saturated rings. The van der Waals surface area contributed by atoms with Gasteiger partial charge in [-0.15, -0.1) is 0 Å². The van der Waals surface area contributed by atoms with Crippen LogP contribution in [-0.4, -0.2) is 24.3 Å². The van der Waals surface area contributed by atoms with Gasteiger partial charge in [-0.3, -0.25) is 4.79 Å². The summed E-state index contributed by atoms with van der Waals surface area (Å²) in [6, 6.07) is 13.6. The lowest BCUT2D eigenvalue weighted by molar-refractivity contribution is -0.144. The normalized spacial score (nSPS) is 11.9. The Kier molecular flexibility index (Phi) is 4.43. The van der Waals surface area contributed by atoms with Gasteiger partial charge in [-0.1, -0.05) is 12.1 Å². The highest BCUT2D eigenvalue weighted by molar-refractivity contribution is 5.82. The van der Waals surface area contributed by atoms with Crippen LogP contribution in [0.2, 0.25) is 0 Å². The van der Waals surface area contributed by atoms with Crippen molar-refractivity contribution in [3.8, 4) is 22.8 Å². The number of rotatable bonds is 5. The van der Waals surface area contributed by atoms with E-state index in [1.54, 1.807) is 55.6 Å². The number of fused-ring (bicyclic) bond motifs is 1. The van der Waals surface area contributed by atoms with Crippen molar-refractivity contribution in [2.75, 3.05) is 7.11 Å². The van der Waals surface area contributed by atoms with E-state index < -0.39 is 17.5 Å². The standard InChI is InChI=1S/C19H16O6/c1-11(19(21)22)24-18-16(20)14-5-3-4-6-15(14)25-17(18)12-7-9-13(23-2)10-8-12/h3-11H,1-2H3,(H,21,22)/t11-/m1/s1. The average molecular weight is 340 g/mol. The fourth-order valence-electron chi connectivity index (χ4n) is 2.39. The first-order chi connectivity index (χ1) is 12.0. The smallest absolute Gasteiger partial charge is 0.344 e. The van der Waals surface area contributed by atoms with E-state index in [1.807, 2.05) is 0 Å². The van der Waals surface area contributed by atoms with Crippen molar-refractivity contribution in [3.63, 3.8) is 0 Å². The molecule has 2 aromatic carbocycles. The van der Waals surface area contributed by atoms with Crippen LogP contribution in [0, 0.1) is 0 Å². The van der Waals surface area contributed by atoms with Crippen LogP contribution in [0.4, 0.5) is 0 Å². The fourth-order valence-corrected chi connectivity index (χ4v) is 2.39. The van der Waals surface area contributed by atoms with Crippen molar-refractivity contribution in [2.45, 2.75) is 13.0 Å². The van der Waals surface area contributed by atoms with E-state index in [0.29, 0.717) is 22.3 Å². The third kappa shape index (κ3) is 3.19. The Morgan fingerprint density at radius 3 is 2.44 bits per heavy atom. The van der Waals surface area contributed by atoms with Gasteiger partial charge in [0.25, 0.3) is 0 Å². The topological polar surface area (TPSA) is 86.0 Å². The van der Waals surface area contributed by atoms with Crippen molar-refractivity contribution < 1.29 is 23.8 Å². The molecule has 0 bridgehead atoms. The summed E-state index contributed by atoms with van der Waals surface area (Å²) < 4.78 is 16.4. The summed E-state index contributed by atoms with van der Waals surface area (Å²) in [7, 11) is 1.55. The Labute approximate surface area is 143 Å². The predicted octanol–water partition coefficient (Wildman–Crippen LogP) is 3.32. The van der Waals surface area contributed by atoms with Gasteiger partial charge in [-0.2, -0.15) is 0 Å². The highest BCUT2D eigenvalue weighted by atomic mass is 16.5. The summed E-state index contributed by atoms with van der Waals surface area (Å²) in [5.41, 5.74) is 0.561. The van der Waals surface area contributed by atoms with Gasteiger partial charge in [0.15, 0.2) is 11.9 Å². The number of benzene rings is 2. The third-order valence-electron chi connectivity index (χ3n) is 3.75. The molecule has 1 atom stereocenters. The van der Waals surface area contributed by atoms with Crippen LogP contribution in [0.25, 0.3) is 22.3 Å². The summed E-state index contributed by atoms with van der Waals surface area (Å²) in [4.78, 5) is 23.9. The number of methoxy groups -OCH3 is 1. The Morgan fingerprint density at radius 2 is 1.80 bits per heavy atom. The summed E-state index contributed by atoms with van der Waals surface area (Å²) in [6.07, 6.45) is -1.19. The van der Waals surface area contributed by atoms with E-state index in [2.05, 4.69) is 0 Å². The second-order valence-corrected chi connectivity index (χ2v) is 5.41. The monoisotopic (exact) mass is 340 g/mol. The van der Waals surface area contributed by atoms with E-state index in [1.165, 1.54) is 6.92 Å². The minimum absolute atomic E-state index is 0.126. The summed E-state index contributed by atoms with van der Waals surface area (Å²) >= 11 is 0. The molecule has 25 heavy (non-hydrogen) atoms. The summed E-state index contributed by atoms with van der Waals surface area (Å²) in [5.74, 6) is -0.472. The first-order valence-electron chi connectivity index (χ1n) is 7.61. The highest BCUT2D eigenvalue weighted by Gasteiger charge is 2.22. The van der Waals surface area contributed by atoms with E-state index in [0.717, 1.165) is 0 Å². The number of carboxylic acid groups (broad SMARTS) is 1. The number of para-hydroxylation sites is 1. The molecule has 0 unspecified atom stereocenters. The summed E-state index contributed by atoms with van der Waals surface area (Å²) in [5, 5.41) is 9.43. The predicted molar refractivity (Wildman–Crippen MR) is 92.2 cm³/mol. The number of carbonyl (C=O) groups is 1. The molecule has 0 saturated heterocycles. The Bertz CT molecular complexity index is 971. The number of ether oxygens (including phenoxy) is 2. The number of hydrogen-bond donors (Lipinski definition) is 1. The van der Waals surface area contributed by atoms with E-state index in [9.17, 15) is 9.59 Å². The first-order valence-corrected chi connectivity index (χ1v) is 7.61. The van der Waals surface area contributed by atoms with Gasteiger partial charge >= 0.3 is 5.97 Å². The van der Waals surface area contributed by atoms with E-state index >= 15 is 0 Å². The van der Waals surface area contributed by atoms with Gasteiger partial charge in [0.2, 0.25) is 11.2 Å². The Balaban J connectivity index is 2.23. The maximum atomic E-state index is 12.8. The zero-order chi connectivity index (χ0) is 18.0. The molecule has 0 aliphatic rings. The largest absolute Gasteiger partial charge is 0.497 e. The molecule has 1 heterocycles. The molecule has 0 amide bonds. The molecule has 0 spiro atoms. The van der Waals surface area contributed by atoms with Gasteiger partial charge in [0, 0.05) is 5.56 Å². The Hall–Kier alpha value is -3.28. The summed E-state index contributed by atoms with van der Waals surface area (Å²) in [6.45, 7) is 1.36. The minimum Gasteiger partial charge on any atom is -0.497 e. The second-order valence-electron chi connectivity index (χ2n) is 5.41. The van der Waals surface area contributed by atoms with E-state index in [-0.39, 0.29) is 11.5 Å². The molecule has 0 aliphatic carbocycles. The van der Waals surface area contributed by atoms with Gasteiger partial charge in [-0.25, -0.2) is 4.79 Å². The molecule has 0 saturated carbocycles. The quantitative estimate of drug-likeness (QED) is 0.767. The van der Waals surface area contributed by atoms with Gasteiger partial charge in [-0.05, 0) is 43.3 Å². The fraction of sp³-hybridized carbons (Fsp3) is 0.158. The lowest BCUT2D eigenvalue weighted by Gasteiger charge is -2.14. The van der Waals surface area contributed by atoms with Crippen LogP contribution in [-0.2, 0) is 4.79 Å². The number of aliphatic carboxylic acids is 1. The van der Waals surface area contributed by atoms with Crippen LogP contribution >= 0.6 is 0 Å². The molecular weight excluding hydrogens is 324 g/mol. The van der Waals surface area contributed by atoms with E-state index in [4.69, 9.17) is 19.0 Å². The van der Waals surface area contributed by atoms with Crippen molar-refractivity contribution in [3.05, 3.63) is 58.8 Å². The molecule has 128 valence electrons. The van der Waals surface area contributed by atoms with Gasteiger partial charge in [0.1, 0.15) is 11.3 Å². The lowest BCUT2D eigenvalue weighted by Crippen LogP contribution is -2.26. The van der Waals surface area contributed by atoms with Crippen molar-refractivity contribution in [2.24, 2.45) is 0 Å². The van der Waals surface area contributed by atoms with Crippen LogP contribution in [0.5, 0.6) is 11.5 Å². The van der Waals surface area contributed by atoms with Crippen LogP contribution in [0.15, 0.2) is 57.7 Å². The molecule has 6 heteroatoms. The van der Waals surface area contributed by atoms with Crippen LogP contribution in [0.3, 0.4) is 0 Å². The van der Waals surface area contributed by atoms with Crippen molar-refractivity contribution >= 4 is 16.9 Å². The molecule has 0 radical (unpaired) electrons. The molecular formula is C19H16O6. The van der Waals surface area contributed by atoms with Crippen LogP contribution in [0.1, 0.15) is 6.92 Å². The third-order valence-corrected chi connectivity index (χ3v) is 3.75. The minimum atomic E-state index is -1.19. The van der Waals surface area contributed by atoms with Crippen molar-refractivity contribution in [1.29, 1.82) is 0 Å². The lowest BCUT2D eigenvalue weighted by atomic mass is 10.1. The zero-order valence-electron chi connectivity index (χ0n) is 13.7. The highest BCUT2D eigenvalue weighted by Crippen LogP contribution is 2.32. The van der Waals surface area contributed by atoms with Crippen LogP contribution < -0.4 is 14.9 Å². The number of hydrogen-bond acceptors (Lipinski definition) is 5. The maximum Gasteiger partial charge on any atom is 0.344 e. The maximum absolute atomic E-state index is 12.8. The molecule has 1 aromatic heterocycles. The molecule has 3 aromatic rings. The van der Waals surface area contributed by atoms with Gasteiger partial charge in [0.05, 0.1) is 12.5 Å². The molecule has 1 N–H and O–H groups in total. The molecule has 6 nitrogen and oxygen atoms in total. The Morgan fingerprint density at radius 1 is 1.12 bits per heavy atom. The molecule has 3 rings (SSSR count). The van der Waals surface area contributed by atoms with Gasteiger partial charge < -0.3 is 19.0 Å². The van der Waals surface area contributed by atoms with Crippen molar-refractivity contribution in [1.82, 2.24) is 0 Å². The average Bonchev–Trinajstić information content (AvgIpc) is 2.63. The second kappa shape index (κ2) is 6.68. The SMILES string of the molecule is COc1ccc(-c2oc3ccccc3c(=O)c2O[C@H](C)C(=O)O)cc1. The first kappa shape index (κ1) is 16.6.